The van der Waals surface area contributed by atoms with Gasteiger partial charge in [-0.3, -0.25) is 0 Å². The maximum Gasteiger partial charge on any atom is 0.361 e. The molecule has 0 rings (SSSR count). The molecule has 0 atom stereocenters. The van der Waals surface area contributed by atoms with E-state index in [0.717, 1.165) is 51.4 Å². The highest BCUT2D eigenvalue weighted by Gasteiger charge is 2.37. The van der Waals surface area contributed by atoms with Gasteiger partial charge < -0.3 is 0 Å². The summed E-state index contributed by atoms with van der Waals surface area (Å²) >= 11 is 0. The second-order valence-corrected chi connectivity index (χ2v) is 4.52. The molecule has 0 aromatic heterocycles. The van der Waals surface area contributed by atoms with Gasteiger partial charge in [0.15, 0.2) is 0 Å². The molecule has 2 heteroatoms. The zero-order valence-electron chi connectivity index (χ0n) is 10.5. The molecule has 0 saturated heterocycles. The fourth-order valence-corrected chi connectivity index (χ4v) is 2.35. The molecule has 0 bridgehead atoms. The van der Waals surface area contributed by atoms with Crippen molar-refractivity contribution in [2.75, 3.05) is 0 Å². The van der Waals surface area contributed by atoms with E-state index < -0.39 is 11.4 Å². The number of unbranched alkanes of at least 4 members (excludes halogenated alkanes) is 2. The fraction of sp³-hybridized carbons (Fsp3) is 0.923. The Bertz CT molecular complexity index is 169. The molecule has 0 aliphatic rings. The number of carbonyl (C=O) groups excluding carboxylic acids is 1. The predicted molar refractivity (Wildman–Crippen MR) is 62.1 cm³/mol. The molecule has 0 aliphatic heterocycles. The predicted octanol–water partition coefficient (Wildman–Crippen LogP) is 4.11. The third kappa shape index (κ3) is 4.67. The van der Waals surface area contributed by atoms with Crippen LogP contribution in [0.5, 0.6) is 0 Å². The van der Waals surface area contributed by atoms with E-state index in [1.807, 2.05) is 13.8 Å². The zero-order chi connectivity index (χ0) is 11.7. The van der Waals surface area contributed by atoms with Crippen LogP contribution < -0.4 is 0 Å². The van der Waals surface area contributed by atoms with Gasteiger partial charge in [0.1, 0.15) is 0 Å². The average Bonchev–Trinajstić information content (AvgIpc) is 2.18. The van der Waals surface area contributed by atoms with Gasteiger partial charge >= 0.3 is 5.97 Å². The van der Waals surface area contributed by atoms with Crippen LogP contribution in [0, 0.1) is 5.41 Å². The van der Waals surface area contributed by atoms with E-state index in [0.29, 0.717) is 0 Å². The lowest BCUT2D eigenvalue weighted by atomic mass is 9.75. The van der Waals surface area contributed by atoms with Gasteiger partial charge in [-0.05, 0) is 19.3 Å². The minimum Gasteiger partial charge on any atom is -0.247 e. The van der Waals surface area contributed by atoms with Crippen LogP contribution in [0.15, 0.2) is 0 Å². The van der Waals surface area contributed by atoms with Crippen molar-refractivity contribution in [3.8, 4) is 0 Å². The van der Waals surface area contributed by atoms with Crippen molar-refractivity contribution in [1.82, 2.24) is 0 Å². The lowest BCUT2D eigenvalue weighted by molar-refractivity contribution is -0.157. The van der Waals surface area contributed by atoms with Crippen molar-refractivity contribution < 1.29 is 9.90 Å². The highest BCUT2D eigenvalue weighted by molar-refractivity contribution is 5.74. The summed E-state index contributed by atoms with van der Waals surface area (Å²) < 4.78 is 0. The van der Waals surface area contributed by atoms with Crippen molar-refractivity contribution >= 4 is 5.97 Å². The van der Waals surface area contributed by atoms with Crippen molar-refractivity contribution in [2.45, 2.75) is 72.1 Å². The minimum absolute atomic E-state index is 0.543. The summed E-state index contributed by atoms with van der Waals surface area (Å²) in [7, 11) is 0. The van der Waals surface area contributed by atoms with E-state index in [1.54, 1.807) is 0 Å². The number of carbonyl (C=O) groups is 1. The normalized spacial score (nSPS) is 11.7. The molecule has 0 unspecified atom stereocenters. The van der Waals surface area contributed by atoms with Gasteiger partial charge in [-0.25, -0.2) is 9.90 Å². The molecule has 0 spiro atoms. The highest BCUT2D eigenvalue weighted by Crippen LogP contribution is 2.36. The summed E-state index contributed by atoms with van der Waals surface area (Å²) in [5.41, 5.74) is -0.543. The Kier molecular flexibility index (Phi) is 7.45. The van der Waals surface area contributed by atoms with Crippen LogP contribution in [0.3, 0.4) is 0 Å². The monoisotopic (exact) mass is 213 g/mol. The van der Waals surface area contributed by atoms with E-state index in [1.165, 1.54) is 0 Å². The van der Waals surface area contributed by atoms with Crippen LogP contribution in [-0.4, -0.2) is 5.97 Å². The lowest BCUT2D eigenvalue weighted by Crippen LogP contribution is -2.30. The first-order chi connectivity index (χ1) is 7.13. The number of rotatable bonds is 9. The fourth-order valence-electron chi connectivity index (χ4n) is 2.35. The van der Waals surface area contributed by atoms with Crippen molar-refractivity contribution in [3.05, 3.63) is 0 Å². The molecule has 0 aromatic carbocycles. The third-order valence-electron chi connectivity index (χ3n) is 3.15. The van der Waals surface area contributed by atoms with Crippen molar-refractivity contribution in [1.29, 1.82) is 0 Å². The van der Waals surface area contributed by atoms with Gasteiger partial charge in [0, 0.05) is 0 Å². The van der Waals surface area contributed by atoms with Crippen molar-refractivity contribution in [3.63, 3.8) is 0 Å². The lowest BCUT2D eigenvalue weighted by Gasteiger charge is -2.27. The first kappa shape index (κ1) is 14.5. The standard InChI is InChI=1S/C13H25O2/c1-4-7-8-11-13(9-5-2,10-6-3)12(14)15/h4-11H2,1-3H3. The van der Waals surface area contributed by atoms with Crippen molar-refractivity contribution in [2.24, 2.45) is 5.41 Å². The van der Waals surface area contributed by atoms with E-state index in [-0.39, 0.29) is 0 Å². The summed E-state index contributed by atoms with van der Waals surface area (Å²) in [4.78, 5) is 11.3. The van der Waals surface area contributed by atoms with Crippen LogP contribution >= 0.6 is 0 Å². The largest absolute Gasteiger partial charge is 0.361 e. The summed E-state index contributed by atoms with van der Waals surface area (Å²) in [6, 6.07) is 0. The second kappa shape index (κ2) is 7.72. The molecule has 0 saturated carbocycles. The second-order valence-electron chi connectivity index (χ2n) is 4.52. The summed E-state index contributed by atoms with van der Waals surface area (Å²) in [5.74, 6) is -0.831. The Morgan fingerprint density at radius 3 is 1.73 bits per heavy atom. The Balaban J connectivity index is 4.40. The molecule has 0 heterocycles. The van der Waals surface area contributed by atoms with Gasteiger partial charge in [0.2, 0.25) is 0 Å². The Morgan fingerprint density at radius 2 is 1.40 bits per heavy atom. The van der Waals surface area contributed by atoms with Crippen LogP contribution in [0.25, 0.3) is 0 Å². The van der Waals surface area contributed by atoms with Crippen LogP contribution in [0.1, 0.15) is 72.1 Å². The molecule has 15 heavy (non-hydrogen) atoms. The quantitative estimate of drug-likeness (QED) is 0.531. The van der Waals surface area contributed by atoms with Gasteiger partial charge in [0.25, 0.3) is 0 Å². The Labute approximate surface area is 94.1 Å². The molecule has 0 fully saturated rings. The van der Waals surface area contributed by atoms with Gasteiger partial charge in [-0.1, -0.05) is 52.9 Å². The molecule has 1 radical (unpaired) electrons. The molecule has 0 aromatic rings. The molecule has 0 aliphatic carbocycles. The first-order valence-corrected chi connectivity index (χ1v) is 6.34. The summed E-state index contributed by atoms with van der Waals surface area (Å²) in [5, 5.41) is 11.3. The van der Waals surface area contributed by atoms with Gasteiger partial charge in [-0.15, -0.1) is 0 Å². The smallest absolute Gasteiger partial charge is 0.247 e. The summed E-state index contributed by atoms with van der Waals surface area (Å²) in [6.07, 6.45) is 7.49. The maximum absolute atomic E-state index is 11.3. The van der Waals surface area contributed by atoms with E-state index in [2.05, 4.69) is 6.92 Å². The number of hydrogen-bond donors (Lipinski definition) is 0. The molecule has 0 N–H and O–H groups in total. The molecule has 89 valence electrons. The molecular formula is C13H25O2. The molecule has 0 amide bonds. The van der Waals surface area contributed by atoms with Crippen LogP contribution in [0.2, 0.25) is 0 Å². The number of hydrogen-bond acceptors (Lipinski definition) is 1. The molecular weight excluding hydrogens is 188 g/mol. The van der Waals surface area contributed by atoms with Gasteiger partial charge in [-0.2, -0.15) is 0 Å². The third-order valence-corrected chi connectivity index (χ3v) is 3.15. The highest BCUT2D eigenvalue weighted by atomic mass is 16.4. The topological polar surface area (TPSA) is 37.0 Å². The zero-order valence-corrected chi connectivity index (χ0v) is 10.5. The Morgan fingerprint density at radius 1 is 0.867 bits per heavy atom. The van der Waals surface area contributed by atoms with E-state index in [9.17, 15) is 9.90 Å². The van der Waals surface area contributed by atoms with E-state index in [4.69, 9.17) is 0 Å². The maximum atomic E-state index is 11.3. The first-order valence-electron chi connectivity index (χ1n) is 6.34. The average molecular weight is 213 g/mol. The molecule has 2 nitrogen and oxygen atoms in total. The van der Waals surface area contributed by atoms with Gasteiger partial charge in [0.05, 0.1) is 5.41 Å². The SMILES string of the molecule is CCCCCC(CCC)(CCC)C([O])=O. The Hall–Kier alpha value is -0.530. The minimum atomic E-state index is -0.831. The van der Waals surface area contributed by atoms with E-state index >= 15 is 0 Å². The van der Waals surface area contributed by atoms with Crippen LogP contribution in [-0.2, 0) is 9.90 Å². The van der Waals surface area contributed by atoms with Crippen LogP contribution in [0.4, 0.5) is 0 Å². The summed E-state index contributed by atoms with van der Waals surface area (Å²) in [6.45, 7) is 6.24.